The largest absolute Gasteiger partial charge is 0.314 e. The van der Waals surface area contributed by atoms with Crippen LogP contribution < -0.4 is 5.32 Å². The van der Waals surface area contributed by atoms with Gasteiger partial charge < -0.3 is 5.32 Å². The zero-order chi connectivity index (χ0) is 14.7. The van der Waals surface area contributed by atoms with E-state index in [-0.39, 0.29) is 0 Å². The van der Waals surface area contributed by atoms with Gasteiger partial charge in [0.2, 0.25) is 0 Å². The maximum Gasteiger partial charge on any atom is 0.0101 e. The van der Waals surface area contributed by atoms with Gasteiger partial charge in [0.05, 0.1) is 0 Å². The van der Waals surface area contributed by atoms with E-state index in [0.717, 1.165) is 17.9 Å². The zero-order valence-electron chi connectivity index (χ0n) is 14.5. The van der Waals surface area contributed by atoms with Gasteiger partial charge in [-0.2, -0.15) is 0 Å². The van der Waals surface area contributed by atoms with E-state index in [1.165, 1.54) is 38.6 Å². The summed E-state index contributed by atoms with van der Waals surface area (Å²) < 4.78 is 0. The molecule has 0 saturated heterocycles. The van der Waals surface area contributed by atoms with Gasteiger partial charge in [0.25, 0.3) is 0 Å². The second kappa shape index (κ2) is 4.73. The van der Waals surface area contributed by atoms with Gasteiger partial charge in [0, 0.05) is 6.04 Å². The molecule has 1 heteroatoms. The number of nitrogens with one attached hydrogen (secondary N) is 1. The lowest BCUT2D eigenvalue weighted by atomic mass is 9.39. The quantitative estimate of drug-likeness (QED) is 0.713. The van der Waals surface area contributed by atoms with Crippen LogP contribution in [0, 0.1) is 28.1 Å². The average Bonchev–Trinajstić information content (AvgIpc) is 3.13. The van der Waals surface area contributed by atoms with E-state index >= 15 is 0 Å². The molecule has 3 atom stereocenters. The van der Waals surface area contributed by atoms with Crippen molar-refractivity contribution in [3.63, 3.8) is 0 Å². The van der Waals surface area contributed by atoms with Gasteiger partial charge in [-0.05, 0) is 98.8 Å². The van der Waals surface area contributed by atoms with Crippen LogP contribution >= 0.6 is 0 Å². The smallest absolute Gasteiger partial charge is 0.0101 e. The molecule has 1 N–H and O–H groups in total. The predicted molar refractivity (Wildman–Crippen MR) is 89.3 cm³/mol. The van der Waals surface area contributed by atoms with Crippen LogP contribution in [0.1, 0.15) is 85.0 Å². The van der Waals surface area contributed by atoms with Gasteiger partial charge in [0.15, 0.2) is 0 Å². The van der Waals surface area contributed by atoms with Crippen LogP contribution in [0.5, 0.6) is 0 Å². The minimum Gasteiger partial charge on any atom is -0.314 e. The summed E-state index contributed by atoms with van der Waals surface area (Å²) in [4.78, 5) is 0. The molecule has 5 fully saturated rings. The Morgan fingerprint density at radius 3 is 2.19 bits per heavy atom. The summed E-state index contributed by atoms with van der Waals surface area (Å²) in [5.41, 5.74) is 2.08. The fourth-order valence-electron chi connectivity index (χ4n) is 7.61. The van der Waals surface area contributed by atoms with E-state index < -0.39 is 0 Å². The third-order valence-electron chi connectivity index (χ3n) is 7.24. The summed E-state index contributed by atoms with van der Waals surface area (Å²) in [7, 11) is 0. The molecule has 5 aliphatic carbocycles. The molecule has 4 bridgehead atoms. The predicted octanol–water partition coefficient (Wildman–Crippen LogP) is 5.15. The highest BCUT2D eigenvalue weighted by Gasteiger charge is 2.60. The molecule has 0 aromatic heterocycles. The van der Waals surface area contributed by atoms with Gasteiger partial charge in [0.1, 0.15) is 0 Å². The van der Waals surface area contributed by atoms with Crippen LogP contribution in [0.15, 0.2) is 0 Å². The maximum atomic E-state index is 3.93. The van der Waals surface area contributed by atoms with Gasteiger partial charge in [-0.3, -0.25) is 0 Å². The van der Waals surface area contributed by atoms with Gasteiger partial charge in [-0.15, -0.1) is 0 Å². The second-order valence-electron chi connectivity index (χ2n) is 10.2. The minimum atomic E-state index is 0.688. The average molecular weight is 290 g/mol. The van der Waals surface area contributed by atoms with Crippen molar-refractivity contribution in [3.05, 3.63) is 0 Å². The van der Waals surface area contributed by atoms with Crippen molar-refractivity contribution in [1.29, 1.82) is 0 Å². The molecule has 5 saturated carbocycles. The molecule has 3 unspecified atom stereocenters. The molecule has 0 amide bonds. The van der Waals surface area contributed by atoms with Crippen LogP contribution in [0.25, 0.3) is 0 Å². The maximum absolute atomic E-state index is 3.93. The molecule has 5 rings (SSSR count). The minimum absolute atomic E-state index is 0.688. The summed E-state index contributed by atoms with van der Waals surface area (Å²) in [5, 5.41) is 3.93. The summed E-state index contributed by atoms with van der Waals surface area (Å²) in [6.45, 7) is 8.78. The van der Waals surface area contributed by atoms with Crippen molar-refractivity contribution in [2.24, 2.45) is 28.1 Å². The highest BCUT2D eigenvalue weighted by molar-refractivity contribution is 5.11. The molecule has 120 valence electrons. The molecule has 0 aromatic rings. The lowest BCUT2D eigenvalue weighted by Gasteiger charge is -2.66. The van der Waals surface area contributed by atoms with E-state index in [1.807, 2.05) is 0 Å². The topological polar surface area (TPSA) is 12.0 Å². The zero-order valence-corrected chi connectivity index (χ0v) is 14.5. The van der Waals surface area contributed by atoms with Crippen molar-refractivity contribution in [3.8, 4) is 0 Å². The fraction of sp³-hybridized carbons (Fsp3) is 1.00. The molecular formula is C20H35N. The molecule has 0 spiro atoms. The summed E-state index contributed by atoms with van der Waals surface area (Å²) in [5.74, 6) is 2.08. The monoisotopic (exact) mass is 289 g/mol. The van der Waals surface area contributed by atoms with Crippen molar-refractivity contribution < 1.29 is 0 Å². The number of hydrogen-bond donors (Lipinski definition) is 1. The fourth-order valence-corrected chi connectivity index (χ4v) is 7.61. The first-order valence-electron chi connectivity index (χ1n) is 9.67. The number of rotatable bonds is 6. The van der Waals surface area contributed by atoms with Crippen LogP contribution in [-0.2, 0) is 0 Å². The molecule has 0 aliphatic heterocycles. The Hall–Kier alpha value is -0.0400. The Kier molecular flexibility index (Phi) is 3.27. The van der Waals surface area contributed by atoms with Gasteiger partial charge >= 0.3 is 0 Å². The van der Waals surface area contributed by atoms with E-state index in [0.29, 0.717) is 16.2 Å². The molecule has 1 nitrogen and oxygen atoms in total. The standard InChI is InChI=1S/C20H35N/c1-4-7-21-17(16-5-6-16)11-20-10-15-8-18(2,13-20)12-19(3,9-15)14-20/h15-17,21H,4-14H2,1-3H3. The van der Waals surface area contributed by atoms with Crippen LogP contribution in [0.2, 0.25) is 0 Å². The van der Waals surface area contributed by atoms with E-state index in [1.54, 1.807) is 32.1 Å². The van der Waals surface area contributed by atoms with Crippen LogP contribution in [0.3, 0.4) is 0 Å². The molecule has 0 heterocycles. The molecular weight excluding hydrogens is 254 g/mol. The van der Waals surface area contributed by atoms with Crippen molar-refractivity contribution in [2.75, 3.05) is 6.54 Å². The Morgan fingerprint density at radius 2 is 1.67 bits per heavy atom. The lowest BCUT2D eigenvalue weighted by molar-refractivity contribution is -0.150. The van der Waals surface area contributed by atoms with Crippen molar-refractivity contribution in [1.82, 2.24) is 5.32 Å². The Balaban J connectivity index is 1.53. The Bertz CT molecular complexity index is 392. The second-order valence-corrected chi connectivity index (χ2v) is 10.2. The Labute approximate surface area is 131 Å². The van der Waals surface area contributed by atoms with E-state index in [9.17, 15) is 0 Å². The van der Waals surface area contributed by atoms with Crippen LogP contribution in [-0.4, -0.2) is 12.6 Å². The molecule has 5 aliphatic rings. The molecule has 0 aromatic carbocycles. The lowest BCUT2D eigenvalue weighted by Crippen LogP contribution is -2.56. The van der Waals surface area contributed by atoms with Crippen molar-refractivity contribution in [2.45, 2.75) is 91.0 Å². The SMILES string of the molecule is CCCNC(CC12CC3CC(C)(CC(C)(C3)C1)C2)C1CC1. The summed E-state index contributed by atoms with van der Waals surface area (Å²) >= 11 is 0. The van der Waals surface area contributed by atoms with Crippen molar-refractivity contribution >= 4 is 0 Å². The molecule has 0 radical (unpaired) electrons. The van der Waals surface area contributed by atoms with Gasteiger partial charge in [-0.1, -0.05) is 20.8 Å². The highest BCUT2D eigenvalue weighted by Crippen LogP contribution is 2.70. The summed E-state index contributed by atoms with van der Waals surface area (Å²) in [6, 6.07) is 0.841. The van der Waals surface area contributed by atoms with Gasteiger partial charge in [-0.25, -0.2) is 0 Å². The van der Waals surface area contributed by atoms with E-state index in [4.69, 9.17) is 0 Å². The highest BCUT2D eigenvalue weighted by atomic mass is 14.9. The van der Waals surface area contributed by atoms with E-state index in [2.05, 4.69) is 26.1 Å². The third-order valence-corrected chi connectivity index (χ3v) is 7.24. The Morgan fingerprint density at radius 1 is 1.00 bits per heavy atom. The summed E-state index contributed by atoms with van der Waals surface area (Å²) in [6.07, 6.45) is 15.0. The first-order chi connectivity index (χ1) is 9.93. The first kappa shape index (κ1) is 14.5. The molecule has 21 heavy (non-hydrogen) atoms. The van der Waals surface area contributed by atoms with Crippen LogP contribution in [0.4, 0.5) is 0 Å². The third kappa shape index (κ3) is 2.69. The number of hydrogen-bond acceptors (Lipinski definition) is 1. The first-order valence-corrected chi connectivity index (χ1v) is 9.67. The normalized spacial score (nSPS) is 49.6.